The molecular formula is C14H23N3. The molecule has 3 heteroatoms. The first kappa shape index (κ1) is 12.4. The largest absolute Gasteiger partial charge is 0.370 e. The fourth-order valence-electron chi connectivity index (χ4n) is 2.35. The first-order chi connectivity index (χ1) is 8.29. The molecule has 17 heavy (non-hydrogen) atoms. The van der Waals surface area contributed by atoms with Crippen molar-refractivity contribution in [2.24, 2.45) is 5.92 Å². The quantitative estimate of drug-likeness (QED) is 0.866. The highest BCUT2D eigenvalue weighted by Gasteiger charge is 2.16. The highest BCUT2D eigenvalue weighted by atomic mass is 15.1. The number of hydrogen-bond acceptors (Lipinski definition) is 3. The number of anilines is 1. The van der Waals surface area contributed by atoms with Gasteiger partial charge in [0.2, 0.25) is 0 Å². The summed E-state index contributed by atoms with van der Waals surface area (Å²) in [6, 6.07) is 4.21. The minimum absolute atomic E-state index is 0.897. The molecule has 0 aliphatic carbocycles. The van der Waals surface area contributed by atoms with Gasteiger partial charge in [0, 0.05) is 24.8 Å². The third kappa shape index (κ3) is 3.43. The van der Waals surface area contributed by atoms with Gasteiger partial charge in [-0.05, 0) is 44.8 Å². The summed E-state index contributed by atoms with van der Waals surface area (Å²) in [5.41, 5.74) is 1.32. The molecule has 1 saturated heterocycles. The van der Waals surface area contributed by atoms with Gasteiger partial charge < -0.3 is 5.32 Å². The van der Waals surface area contributed by atoms with Crippen molar-refractivity contribution < 1.29 is 0 Å². The molecule has 3 nitrogen and oxygen atoms in total. The van der Waals surface area contributed by atoms with Crippen LogP contribution in [0.25, 0.3) is 0 Å². The second-order valence-corrected chi connectivity index (χ2v) is 5.00. The van der Waals surface area contributed by atoms with Gasteiger partial charge >= 0.3 is 0 Å². The standard InChI is InChI=1S/C14H23N3/c1-3-15-14-13(5-4-8-16-14)11-17-9-6-12(2)7-10-17/h4-5,8,12H,3,6-7,9-11H2,1-2H3,(H,15,16). The second kappa shape index (κ2) is 6.01. The Kier molecular flexibility index (Phi) is 4.37. The SMILES string of the molecule is CCNc1ncccc1CN1CCC(C)CC1. The van der Waals surface area contributed by atoms with Crippen LogP contribution in [0.4, 0.5) is 5.82 Å². The first-order valence-electron chi connectivity index (χ1n) is 6.69. The minimum atomic E-state index is 0.897. The maximum atomic E-state index is 4.41. The van der Waals surface area contributed by atoms with Gasteiger partial charge in [-0.15, -0.1) is 0 Å². The molecule has 0 saturated carbocycles. The maximum Gasteiger partial charge on any atom is 0.130 e. The molecule has 0 radical (unpaired) electrons. The Bertz CT molecular complexity index is 343. The molecule has 1 aromatic heterocycles. The lowest BCUT2D eigenvalue weighted by Crippen LogP contribution is -2.32. The van der Waals surface area contributed by atoms with Crippen LogP contribution in [0, 0.1) is 5.92 Å². The van der Waals surface area contributed by atoms with E-state index in [9.17, 15) is 0 Å². The summed E-state index contributed by atoms with van der Waals surface area (Å²) in [6.45, 7) is 8.87. The summed E-state index contributed by atoms with van der Waals surface area (Å²) >= 11 is 0. The summed E-state index contributed by atoms with van der Waals surface area (Å²) in [4.78, 5) is 6.95. The lowest BCUT2D eigenvalue weighted by Gasteiger charge is -2.30. The van der Waals surface area contributed by atoms with E-state index < -0.39 is 0 Å². The van der Waals surface area contributed by atoms with Crippen LogP contribution in [-0.4, -0.2) is 29.5 Å². The molecule has 1 fully saturated rings. The van der Waals surface area contributed by atoms with Crippen molar-refractivity contribution >= 4 is 5.82 Å². The summed E-state index contributed by atoms with van der Waals surface area (Å²) in [6.07, 6.45) is 4.52. The topological polar surface area (TPSA) is 28.2 Å². The minimum Gasteiger partial charge on any atom is -0.370 e. The van der Waals surface area contributed by atoms with Crippen molar-refractivity contribution in [1.29, 1.82) is 0 Å². The summed E-state index contributed by atoms with van der Waals surface area (Å²) < 4.78 is 0. The van der Waals surface area contributed by atoms with E-state index in [4.69, 9.17) is 0 Å². The lowest BCUT2D eigenvalue weighted by atomic mass is 9.99. The van der Waals surface area contributed by atoms with Gasteiger partial charge in [-0.1, -0.05) is 13.0 Å². The number of piperidine rings is 1. The van der Waals surface area contributed by atoms with E-state index in [0.29, 0.717) is 0 Å². The number of nitrogens with one attached hydrogen (secondary N) is 1. The number of aromatic nitrogens is 1. The molecule has 1 aliphatic rings. The van der Waals surface area contributed by atoms with E-state index >= 15 is 0 Å². The molecule has 0 atom stereocenters. The van der Waals surface area contributed by atoms with E-state index in [-0.39, 0.29) is 0 Å². The molecule has 1 aromatic rings. The molecule has 2 heterocycles. The molecule has 94 valence electrons. The Morgan fingerprint density at radius 1 is 1.41 bits per heavy atom. The number of nitrogens with zero attached hydrogens (tertiary/aromatic N) is 2. The van der Waals surface area contributed by atoms with Gasteiger partial charge in [0.15, 0.2) is 0 Å². The van der Waals surface area contributed by atoms with Crippen LogP contribution in [0.2, 0.25) is 0 Å². The third-order valence-electron chi connectivity index (χ3n) is 3.51. The molecule has 1 N–H and O–H groups in total. The highest BCUT2D eigenvalue weighted by Crippen LogP contribution is 2.20. The predicted molar refractivity (Wildman–Crippen MR) is 72.1 cm³/mol. The zero-order valence-electron chi connectivity index (χ0n) is 10.9. The fourth-order valence-corrected chi connectivity index (χ4v) is 2.35. The van der Waals surface area contributed by atoms with Crippen LogP contribution in [0.1, 0.15) is 32.3 Å². The van der Waals surface area contributed by atoms with Gasteiger partial charge in [0.1, 0.15) is 5.82 Å². The number of likely N-dealkylation sites (tertiary alicyclic amines) is 1. The van der Waals surface area contributed by atoms with Crippen LogP contribution >= 0.6 is 0 Å². The Morgan fingerprint density at radius 2 is 2.18 bits per heavy atom. The van der Waals surface area contributed by atoms with Crippen molar-refractivity contribution in [3.05, 3.63) is 23.9 Å². The van der Waals surface area contributed by atoms with Crippen LogP contribution in [0.15, 0.2) is 18.3 Å². The number of rotatable bonds is 4. The van der Waals surface area contributed by atoms with Crippen LogP contribution in [-0.2, 0) is 6.54 Å². The molecule has 1 aliphatic heterocycles. The molecule has 0 amide bonds. The Labute approximate surface area is 104 Å². The molecule has 0 unspecified atom stereocenters. The highest BCUT2D eigenvalue weighted by molar-refractivity contribution is 5.43. The van der Waals surface area contributed by atoms with Gasteiger partial charge in [-0.2, -0.15) is 0 Å². The van der Waals surface area contributed by atoms with Crippen molar-refractivity contribution in [2.45, 2.75) is 33.2 Å². The summed E-state index contributed by atoms with van der Waals surface area (Å²) in [7, 11) is 0. The van der Waals surface area contributed by atoms with E-state index in [1.807, 2.05) is 12.3 Å². The third-order valence-corrected chi connectivity index (χ3v) is 3.51. The fraction of sp³-hybridized carbons (Fsp3) is 0.643. The average molecular weight is 233 g/mol. The van der Waals surface area contributed by atoms with E-state index in [1.165, 1.54) is 31.5 Å². The maximum absolute atomic E-state index is 4.41. The normalized spacial score (nSPS) is 18.2. The van der Waals surface area contributed by atoms with Gasteiger partial charge in [0.25, 0.3) is 0 Å². The van der Waals surface area contributed by atoms with Gasteiger partial charge in [0.05, 0.1) is 0 Å². The molecule has 2 rings (SSSR count). The monoisotopic (exact) mass is 233 g/mol. The van der Waals surface area contributed by atoms with Crippen molar-refractivity contribution in [1.82, 2.24) is 9.88 Å². The smallest absolute Gasteiger partial charge is 0.130 e. The molecule has 0 bridgehead atoms. The number of pyridine rings is 1. The van der Waals surface area contributed by atoms with Crippen molar-refractivity contribution in [2.75, 3.05) is 25.0 Å². The van der Waals surface area contributed by atoms with Crippen molar-refractivity contribution in [3.63, 3.8) is 0 Å². The molecular weight excluding hydrogens is 210 g/mol. The van der Waals surface area contributed by atoms with Gasteiger partial charge in [-0.3, -0.25) is 4.90 Å². The summed E-state index contributed by atoms with van der Waals surface area (Å²) in [5.74, 6) is 1.95. The summed E-state index contributed by atoms with van der Waals surface area (Å²) in [5, 5.41) is 3.34. The van der Waals surface area contributed by atoms with Crippen LogP contribution < -0.4 is 5.32 Å². The number of hydrogen-bond donors (Lipinski definition) is 1. The van der Waals surface area contributed by atoms with Crippen LogP contribution in [0.5, 0.6) is 0 Å². The lowest BCUT2D eigenvalue weighted by molar-refractivity contribution is 0.185. The Hall–Kier alpha value is -1.09. The van der Waals surface area contributed by atoms with E-state index in [1.54, 1.807) is 0 Å². The zero-order valence-corrected chi connectivity index (χ0v) is 10.9. The van der Waals surface area contributed by atoms with E-state index in [0.717, 1.165) is 24.8 Å². The second-order valence-electron chi connectivity index (χ2n) is 5.00. The van der Waals surface area contributed by atoms with Crippen molar-refractivity contribution in [3.8, 4) is 0 Å². The Morgan fingerprint density at radius 3 is 2.88 bits per heavy atom. The zero-order chi connectivity index (χ0) is 12.1. The first-order valence-corrected chi connectivity index (χ1v) is 6.69. The van der Waals surface area contributed by atoms with Crippen LogP contribution in [0.3, 0.4) is 0 Å². The van der Waals surface area contributed by atoms with Gasteiger partial charge in [-0.25, -0.2) is 4.98 Å². The molecule has 0 spiro atoms. The molecule has 0 aromatic carbocycles. The average Bonchev–Trinajstić information content (AvgIpc) is 2.35. The predicted octanol–water partition coefficient (Wildman–Crippen LogP) is 2.75. The Balaban J connectivity index is 1.98. The van der Waals surface area contributed by atoms with E-state index in [2.05, 4.69) is 35.1 Å².